The first-order chi connectivity index (χ1) is 13.4. The van der Waals surface area contributed by atoms with E-state index in [1.54, 1.807) is 13.2 Å². The summed E-state index contributed by atoms with van der Waals surface area (Å²) in [5.74, 6) is 2.50. The van der Waals surface area contributed by atoms with Gasteiger partial charge in [-0.25, -0.2) is 0 Å². The van der Waals surface area contributed by atoms with Crippen LogP contribution in [0, 0.1) is 5.92 Å². The fraction of sp³-hybridized carbons (Fsp3) is 0.476. The number of hydrogen-bond donors (Lipinski definition) is 1. The van der Waals surface area contributed by atoms with Crippen molar-refractivity contribution in [2.75, 3.05) is 12.9 Å². The van der Waals surface area contributed by atoms with Crippen LogP contribution in [0.3, 0.4) is 0 Å². The van der Waals surface area contributed by atoms with Crippen LogP contribution in [0.1, 0.15) is 33.6 Å². The number of allylic oxidation sites excluding steroid dienone is 1. The first kappa shape index (κ1) is 22.0. The second-order valence-electron chi connectivity index (χ2n) is 7.16. The fourth-order valence-electron chi connectivity index (χ4n) is 2.74. The molecular formula is C21H30N4O2S. The molecule has 1 heterocycles. The van der Waals surface area contributed by atoms with Crippen LogP contribution in [0.15, 0.2) is 42.1 Å². The van der Waals surface area contributed by atoms with Crippen LogP contribution < -0.4 is 10.1 Å². The predicted octanol–water partition coefficient (Wildman–Crippen LogP) is 4.17. The zero-order valence-corrected chi connectivity index (χ0v) is 18.0. The highest BCUT2D eigenvalue weighted by Gasteiger charge is 2.16. The molecule has 0 saturated heterocycles. The Morgan fingerprint density at radius 1 is 1.25 bits per heavy atom. The maximum atomic E-state index is 12.3. The van der Waals surface area contributed by atoms with Gasteiger partial charge in [0.1, 0.15) is 5.75 Å². The van der Waals surface area contributed by atoms with E-state index in [9.17, 15) is 4.79 Å². The highest BCUT2D eigenvalue weighted by atomic mass is 32.2. The fourth-order valence-corrected chi connectivity index (χ4v) is 3.50. The number of nitrogens with zero attached hydrogens (tertiary/aromatic N) is 3. The predicted molar refractivity (Wildman–Crippen MR) is 115 cm³/mol. The van der Waals surface area contributed by atoms with Crippen molar-refractivity contribution in [1.29, 1.82) is 0 Å². The van der Waals surface area contributed by atoms with E-state index in [0.29, 0.717) is 23.4 Å². The molecule has 0 aliphatic heterocycles. The van der Waals surface area contributed by atoms with E-state index in [1.807, 2.05) is 35.8 Å². The Kier molecular flexibility index (Phi) is 8.57. The molecule has 0 radical (unpaired) electrons. The van der Waals surface area contributed by atoms with E-state index in [1.165, 1.54) is 11.8 Å². The number of amides is 1. The molecule has 28 heavy (non-hydrogen) atoms. The zero-order chi connectivity index (χ0) is 20.5. The lowest BCUT2D eigenvalue weighted by Crippen LogP contribution is -2.34. The van der Waals surface area contributed by atoms with E-state index in [-0.39, 0.29) is 11.9 Å². The number of carbonyl (C=O) groups excluding carboxylic acids is 1. The number of hydrogen-bond acceptors (Lipinski definition) is 5. The Morgan fingerprint density at radius 3 is 2.57 bits per heavy atom. The van der Waals surface area contributed by atoms with E-state index >= 15 is 0 Å². The molecule has 1 atom stereocenters. The summed E-state index contributed by atoms with van der Waals surface area (Å²) in [6, 6.07) is 7.85. The Labute approximate surface area is 171 Å². The summed E-state index contributed by atoms with van der Waals surface area (Å²) < 4.78 is 7.17. The lowest BCUT2D eigenvalue weighted by Gasteiger charge is -2.15. The molecule has 7 heteroatoms. The molecule has 152 valence electrons. The van der Waals surface area contributed by atoms with Gasteiger partial charge in [0.2, 0.25) is 5.91 Å². The number of rotatable bonds is 11. The zero-order valence-electron chi connectivity index (χ0n) is 17.1. The second kappa shape index (κ2) is 10.9. The monoisotopic (exact) mass is 402 g/mol. The first-order valence-corrected chi connectivity index (χ1v) is 10.5. The molecule has 0 aliphatic rings. The van der Waals surface area contributed by atoms with Gasteiger partial charge in [-0.1, -0.05) is 31.7 Å². The van der Waals surface area contributed by atoms with Gasteiger partial charge in [-0.05, 0) is 49.9 Å². The molecular weight excluding hydrogens is 372 g/mol. The number of carbonyl (C=O) groups is 1. The number of aromatic nitrogens is 3. The van der Waals surface area contributed by atoms with Gasteiger partial charge in [-0.2, -0.15) is 0 Å². The molecule has 0 bridgehead atoms. The maximum absolute atomic E-state index is 12.3. The third kappa shape index (κ3) is 6.41. The Bertz CT molecular complexity index is 771. The molecule has 0 aliphatic carbocycles. The number of benzene rings is 1. The summed E-state index contributed by atoms with van der Waals surface area (Å²) in [6.45, 7) is 10.8. The van der Waals surface area contributed by atoms with Crippen LogP contribution in [-0.2, 0) is 11.3 Å². The molecule has 1 aromatic heterocycles. The van der Waals surface area contributed by atoms with Crippen LogP contribution in [0.4, 0.5) is 0 Å². The number of nitrogens with one attached hydrogen (secondary N) is 1. The quantitative estimate of drug-likeness (QED) is 0.451. The van der Waals surface area contributed by atoms with Gasteiger partial charge in [-0.3, -0.25) is 9.36 Å². The minimum Gasteiger partial charge on any atom is -0.497 e. The van der Waals surface area contributed by atoms with Crippen molar-refractivity contribution in [3.05, 3.63) is 36.9 Å². The van der Waals surface area contributed by atoms with Gasteiger partial charge in [0, 0.05) is 18.2 Å². The van der Waals surface area contributed by atoms with Crippen LogP contribution in [-0.4, -0.2) is 39.6 Å². The van der Waals surface area contributed by atoms with E-state index in [2.05, 4.69) is 35.9 Å². The van der Waals surface area contributed by atoms with Crippen molar-refractivity contribution in [3.63, 3.8) is 0 Å². The van der Waals surface area contributed by atoms with Crippen molar-refractivity contribution in [1.82, 2.24) is 20.1 Å². The van der Waals surface area contributed by atoms with E-state index in [0.717, 1.165) is 30.0 Å². The number of thioether (sulfide) groups is 1. The van der Waals surface area contributed by atoms with Gasteiger partial charge in [0.15, 0.2) is 11.0 Å². The Hall–Kier alpha value is -2.28. The summed E-state index contributed by atoms with van der Waals surface area (Å²) in [7, 11) is 1.64. The minimum atomic E-state index is 0.0143. The van der Waals surface area contributed by atoms with Gasteiger partial charge < -0.3 is 10.1 Å². The average Bonchev–Trinajstić information content (AvgIpc) is 3.08. The summed E-state index contributed by atoms with van der Waals surface area (Å²) in [5.41, 5.74) is 0.939. The second-order valence-corrected chi connectivity index (χ2v) is 8.10. The van der Waals surface area contributed by atoms with Crippen LogP contribution in [0.25, 0.3) is 11.4 Å². The molecule has 0 fully saturated rings. The minimum absolute atomic E-state index is 0.0143. The Balaban J connectivity index is 2.02. The molecule has 1 amide bonds. The van der Waals surface area contributed by atoms with Crippen molar-refractivity contribution >= 4 is 17.7 Å². The largest absolute Gasteiger partial charge is 0.497 e. The molecule has 2 rings (SSSR count). The molecule has 0 saturated carbocycles. The van der Waals surface area contributed by atoms with E-state index in [4.69, 9.17) is 4.74 Å². The van der Waals surface area contributed by atoms with E-state index < -0.39 is 0 Å². The van der Waals surface area contributed by atoms with Crippen molar-refractivity contribution in [3.8, 4) is 17.1 Å². The molecule has 1 N–H and O–H groups in total. The summed E-state index contributed by atoms with van der Waals surface area (Å²) in [4.78, 5) is 12.3. The van der Waals surface area contributed by atoms with Gasteiger partial charge in [-0.15, -0.1) is 16.8 Å². The highest BCUT2D eigenvalue weighted by molar-refractivity contribution is 7.99. The van der Waals surface area contributed by atoms with Crippen molar-refractivity contribution in [2.45, 2.75) is 51.4 Å². The van der Waals surface area contributed by atoms with Gasteiger partial charge >= 0.3 is 0 Å². The third-order valence-electron chi connectivity index (χ3n) is 4.29. The molecule has 0 unspecified atom stereocenters. The summed E-state index contributed by atoms with van der Waals surface area (Å²) in [6.07, 6.45) is 3.89. The van der Waals surface area contributed by atoms with Gasteiger partial charge in [0.25, 0.3) is 0 Å². The maximum Gasteiger partial charge on any atom is 0.230 e. The number of methoxy groups -OCH3 is 1. The average molecular weight is 403 g/mol. The van der Waals surface area contributed by atoms with Gasteiger partial charge in [0.05, 0.1) is 12.9 Å². The number of ether oxygens (including phenoxy) is 1. The molecule has 1 aromatic carbocycles. The highest BCUT2D eigenvalue weighted by Crippen LogP contribution is 2.25. The summed E-state index contributed by atoms with van der Waals surface area (Å²) in [5, 5.41) is 12.4. The standard InChI is InChI=1S/C21H30N4O2S/c1-6-13-25-20(17-9-11-18(27-5)12-10-17)23-24-21(25)28-14-19(26)22-16(4)8-7-15(2)3/h6,9-12,15-16H,1,7-8,13-14H2,2-5H3,(H,22,26)/t16-/m0/s1. The lowest BCUT2D eigenvalue weighted by molar-refractivity contribution is -0.119. The lowest BCUT2D eigenvalue weighted by atomic mass is 10.0. The molecule has 2 aromatic rings. The first-order valence-electron chi connectivity index (χ1n) is 9.55. The molecule has 6 nitrogen and oxygen atoms in total. The van der Waals surface area contributed by atoms with Crippen LogP contribution in [0.5, 0.6) is 5.75 Å². The Morgan fingerprint density at radius 2 is 1.96 bits per heavy atom. The SMILES string of the molecule is C=CCn1c(SCC(=O)N[C@@H](C)CCC(C)C)nnc1-c1ccc(OC)cc1. The van der Waals surface area contributed by atoms with Crippen molar-refractivity contribution in [2.24, 2.45) is 5.92 Å². The topological polar surface area (TPSA) is 69.0 Å². The van der Waals surface area contributed by atoms with Crippen molar-refractivity contribution < 1.29 is 9.53 Å². The van der Waals surface area contributed by atoms with Crippen LogP contribution >= 0.6 is 11.8 Å². The third-order valence-corrected chi connectivity index (χ3v) is 5.26. The van der Waals surface area contributed by atoms with Crippen LogP contribution in [0.2, 0.25) is 0 Å². The summed E-state index contributed by atoms with van der Waals surface area (Å²) >= 11 is 1.39. The smallest absolute Gasteiger partial charge is 0.230 e. The molecule has 0 spiro atoms. The normalized spacial score (nSPS) is 12.0.